The molecule has 1 aromatic rings. The van der Waals surface area contributed by atoms with Gasteiger partial charge in [0.05, 0.1) is 19.3 Å². The van der Waals surface area contributed by atoms with Crippen LogP contribution in [0.3, 0.4) is 0 Å². The smallest absolute Gasteiger partial charge is 0.168 e. The summed E-state index contributed by atoms with van der Waals surface area (Å²) in [5, 5.41) is 2.62. The van der Waals surface area contributed by atoms with Crippen molar-refractivity contribution >= 4 is 11.6 Å². The van der Waals surface area contributed by atoms with Gasteiger partial charge in [0.25, 0.3) is 0 Å². The number of aromatic nitrogens is 1. The van der Waals surface area contributed by atoms with Crippen LogP contribution in [-0.2, 0) is 4.74 Å². The SMILES string of the molecule is CCC1COCCN1c1nc(NC)c(F)cc1F. The maximum Gasteiger partial charge on any atom is 0.168 e. The number of hydrogen-bond donors (Lipinski definition) is 1. The fraction of sp³-hybridized carbons (Fsp3) is 0.583. The van der Waals surface area contributed by atoms with Gasteiger partial charge in [-0.1, -0.05) is 6.92 Å². The van der Waals surface area contributed by atoms with Crippen molar-refractivity contribution in [3.8, 4) is 0 Å². The number of ether oxygens (including phenoxy) is 1. The van der Waals surface area contributed by atoms with E-state index in [0.29, 0.717) is 19.8 Å². The number of nitrogens with zero attached hydrogens (tertiary/aromatic N) is 2. The summed E-state index contributed by atoms with van der Waals surface area (Å²) in [6, 6.07) is 0.951. The molecule has 0 amide bonds. The van der Waals surface area contributed by atoms with Crippen LogP contribution < -0.4 is 10.2 Å². The molecule has 1 atom stereocenters. The van der Waals surface area contributed by atoms with Crippen molar-refractivity contribution in [3.05, 3.63) is 17.7 Å². The van der Waals surface area contributed by atoms with E-state index in [1.807, 2.05) is 11.8 Å². The van der Waals surface area contributed by atoms with Crippen LogP contribution in [-0.4, -0.2) is 37.8 Å². The summed E-state index contributed by atoms with van der Waals surface area (Å²) >= 11 is 0. The van der Waals surface area contributed by atoms with E-state index in [0.717, 1.165) is 12.5 Å². The molecular weight excluding hydrogens is 240 g/mol. The minimum atomic E-state index is -0.681. The molecule has 1 saturated heterocycles. The third-order valence-corrected chi connectivity index (χ3v) is 3.12. The lowest BCUT2D eigenvalue weighted by Gasteiger charge is -2.36. The number of hydrogen-bond acceptors (Lipinski definition) is 4. The average molecular weight is 257 g/mol. The van der Waals surface area contributed by atoms with Gasteiger partial charge in [-0.25, -0.2) is 13.8 Å². The van der Waals surface area contributed by atoms with Gasteiger partial charge in [0.2, 0.25) is 0 Å². The lowest BCUT2D eigenvalue weighted by atomic mass is 10.1. The topological polar surface area (TPSA) is 37.4 Å². The van der Waals surface area contributed by atoms with Gasteiger partial charge in [-0.3, -0.25) is 0 Å². The van der Waals surface area contributed by atoms with E-state index in [1.165, 1.54) is 0 Å². The lowest BCUT2D eigenvalue weighted by molar-refractivity contribution is 0.0921. The first-order valence-corrected chi connectivity index (χ1v) is 6.05. The molecule has 0 aliphatic carbocycles. The summed E-state index contributed by atoms with van der Waals surface area (Å²) in [6.07, 6.45) is 0.827. The van der Waals surface area contributed by atoms with Crippen LogP contribution in [0.2, 0.25) is 0 Å². The molecule has 100 valence electrons. The molecule has 6 heteroatoms. The molecule has 0 bridgehead atoms. The highest BCUT2D eigenvalue weighted by Gasteiger charge is 2.26. The fourth-order valence-corrected chi connectivity index (χ4v) is 2.11. The van der Waals surface area contributed by atoms with E-state index in [-0.39, 0.29) is 17.7 Å². The normalized spacial score (nSPS) is 20.0. The van der Waals surface area contributed by atoms with Crippen molar-refractivity contribution in [2.75, 3.05) is 37.0 Å². The molecule has 4 nitrogen and oxygen atoms in total. The second-order valence-electron chi connectivity index (χ2n) is 4.20. The Morgan fingerprint density at radius 1 is 1.50 bits per heavy atom. The van der Waals surface area contributed by atoms with Gasteiger partial charge in [-0.15, -0.1) is 0 Å². The number of rotatable bonds is 3. The molecule has 2 heterocycles. The molecule has 1 aromatic heterocycles. The quantitative estimate of drug-likeness (QED) is 0.899. The predicted octanol–water partition coefficient (Wildman–Crippen LogP) is 2.02. The second-order valence-corrected chi connectivity index (χ2v) is 4.20. The van der Waals surface area contributed by atoms with Gasteiger partial charge in [0.1, 0.15) is 0 Å². The lowest BCUT2D eigenvalue weighted by Crippen LogP contribution is -2.46. The van der Waals surface area contributed by atoms with Gasteiger partial charge in [-0.05, 0) is 6.42 Å². The number of halogens is 2. The van der Waals surface area contributed by atoms with Gasteiger partial charge in [0.15, 0.2) is 23.3 Å². The van der Waals surface area contributed by atoms with Crippen molar-refractivity contribution in [2.24, 2.45) is 0 Å². The zero-order valence-corrected chi connectivity index (χ0v) is 10.5. The Morgan fingerprint density at radius 2 is 2.28 bits per heavy atom. The Morgan fingerprint density at radius 3 is 2.94 bits per heavy atom. The third kappa shape index (κ3) is 2.38. The Bertz CT molecular complexity index is 428. The Kier molecular flexibility index (Phi) is 3.96. The molecular formula is C12H17F2N3O. The second kappa shape index (κ2) is 5.48. The molecule has 0 radical (unpaired) electrons. The molecule has 1 N–H and O–H groups in total. The summed E-state index contributed by atoms with van der Waals surface area (Å²) in [5.74, 6) is -1.06. The Labute approximate surface area is 105 Å². The first kappa shape index (κ1) is 13.0. The summed E-state index contributed by atoms with van der Waals surface area (Å²) in [7, 11) is 1.56. The van der Waals surface area contributed by atoms with E-state index in [9.17, 15) is 8.78 Å². The van der Waals surface area contributed by atoms with E-state index in [4.69, 9.17) is 4.74 Å². The summed E-state index contributed by atoms with van der Waals surface area (Å²) in [4.78, 5) is 5.87. The van der Waals surface area contributed by atoms with Crippen LogP contribution in [0.1, 0.15) is 13.3 Å². The summed E-state index contributed by atoms with van der Waals surface area (Å²) in [5.41, 5.74) is 0. The van der Waals surface area contributed by atoms with Gasteiger partial charge < -0.3 is 15.0 Å². The summed E-state index contributed by atoms with van der Waals surface area (Å²) in [6.45, 7) is 3.65. The van der Waals surface area contributed by atoms with Crippen LogP contribution in [0.5, 0.6) is 0 Å². The van der Waals surface area contributed by atoms with E-state index in [2.05, 4.69) is 10.3 Å². The van der Waals surface area contributed by atoms with E-state index >= 15 is 0 Å². The van der Waals surface area contributed by atoms with Crippen LogP contribution in [0.25, 0.3) is 0 Å². The number of pyridine rings is 1. The highest BCUT2D eigenvalue weighted by atomic mass is 19.1. The molecule has 1 fully saturated rings. The fourth-order valence-electron chi connectivity index (χ4n) is 2.11. The molecule has 18 heavy (non-hydrogen) atoms. The van der Waals surface area contributed by atoms with Gasteiger partial charge >= 0.3 is 0 Å². The molecule has 0 spiro atoms. The van der Waals surface area contributed by atoms with Crippen molar-refractivity contribution in [2.45, 2.75) is 19.4 Å². The first-order chi connectivity index (χ1) is 8.67. The minimum Gasteiger partial charge on any atom is -0.377 e. The Hall–Kier alpha value is -1.43. The van der Waals surface area contributed by atoms with Crippen molar-refractivity contribution < 1.29 is 13.5 Å². The zero-order valence-electron chi connectivity index (χ0n) is 10.5. The van der Waals surface area contributed by atoms with Crippen molar-refractivity contribution in [1.82, 2.24) is 4.98 Å². The van der Waals surface area contributed by atoms with E-state index in [1.54, 1.807) is 7.05 Å². The number of anilines is 2. The van der Waals surface area contributed by atoms with Gasteiger partial charge in [-0.2, -0.15) is 0 Å². The van der Waals surface area contributed by atoms with E-state index < -0.39 is 11.6 Å². The zero-order chi connectivity index (χ0) is 13.1. The molecule has 0 saturated carbocycles. The molecule has 1 aliphatic rings. The molecule has 0 aromatic carbocycles. The highest BCUT2D eigenvalue weighted by Crippen LogP contribution is 2.25. The van der Waals surface area contributed by atoms with Crippen LogP contribution in [0.15, 0.2) is 6.07 Å². The van der Waals surface area contributed by atoms with Crippen LogP contribution >= 0.6 is 0 Å². The summed E-state index contributed by atoms with van der Waals surface area (Å²) < 4.78 is 32.6. The minimum absolute atomic E-state index is 0.0627. The number of morpholine rings is 1. The largest absolute Gasteiger partial charge is 0.377 e. The molecule has 2 rings (SSSR count). The maximum absolute atomic E-state index is 13.8. The average Bonchev–Trinajstić information content (AvgIpc) is 2.39. The number of nitrogens with one attached hydrogen (secondary N) is 1. The predicted molar refractivity (Wildman–Crippen MR) is 65.9 cm³/mol. The monoisotopic (exact) mass is 257 g/mol. The Balaban J connectivity index is 2.36. The van der Waals surface area contributed by atoms with Crippen molar-refractivity contribution in [3.63, 3.8) is 0 Å². The molecule has 1 unspecified atom stereocenters. The highest BCUT2D eigenvalue weighted by molar-refractivity contribution is 5.50. The van der Waals surface area contributed by atoms with Crippen molar-refractivity contribution in [1.29, 1.82) is 0 Å². The first-order valence-electron chi connectivity index (χ1n) is 6.05. The van der Waals surface area contributed by atoms with Crippen LogP contribution in [0.4, 0.5) is 20.4 Å². The third-order valence-electron chi connectivity index (χ3n) is 3.12. The molecule has 1 aliphatic heterocycles. The standard InChI is InChI=1S/C12H17F2N3O/c1-3-8-7-18-5-4-17(8)12-10(14)6-9(13)11(15-2)16-12/h6,8H,3-5,7H2,1-2H3,(H,15,16). The van der Waals surface area contributed by atoms with Crippen LogP contribution in [0, 0.1) is 11.6 Å². The maximum atomic E-state index is 13.8. The van der Waals surface area contributed by atoms with Gasteiger partial charge in [0, 0.05) is 19.7 Å².